The van der Waals surface area contributed by atoms with E-state index in [0.29, 0.717) is 5.02 Å². The lowest BCUT2D eigenvalue weighted by atomic mass is 9.96. The van der Waals surface area contributed by atoms with Crippen molar-refractivity contribution < 1.29 is 9.90 Å². The summed E-state index contributed by atoms with van der Waals surface area (Å²) in [6.45, 7) is 6.30. The van der Waals surface area contributed by atoms with E-state index in [1.165, 1.54) is 6.08 Å². The summed E-state index contributed by atoms with van der Waals surface area (Å²) in [5, 5.41) is 13.4. The molecular formula is C17H24ClNO2. The third-order valence-electron chi connectivity index (χ3n) is 3.70. The molecule has 3 nitrogen and oxygen atoms in total. The van der Waals surface area contributed by atoms with Crippen LogP contribution in [0.2, 0.25) is 5.02 Å². The first-order valence-electron chi connectivity index (χ1n) is 7.38. The van der Waals surface area contributed by atoms with Crippen LogP contribution in [0.1, 0.15) is 37.8 Å². The second kappa shape index (κ2) is 8.85. The minimum absolute atomic E-state index is 0.211. The molecular weight excluding hydrogens is 286 g/mol. The molecule has 0 saturated carbocycles. The number of rotatable bonds is 7. The van der Waals surface area contributed by atoms with Crippen molar-refractivity contribution in [2.75, 3.05) is 6.54 Å². The maximum Gasteiger partial charge on any atom is 0.244 e. The SMILES string of the molecule is CCC(CC)C(O)CNC(=O)/C=C/c1ccc(C)c(Cl)c1. The Kier molecular flexibility index (Phi) is 7.48. The number of nitrogens with one attached hydrogen (secondary N) is 1. The number of amides is 1. The molecule has 1 aromatic rings. The fourth-order valence-corrected chi connectivity index (χ4v) is 2.34. The van der Waals surface area contributed by atoms with Gasteiger partial charge >= 0.3 is 0 Å². The van der Waals surface area contributed by atoms with Gasteiger partial charge in [-0.3, -0.25) is 4.79 Å². The Morgan fingerprint density at radius 2 is 2.05 bits per heavy atom. The Balaban J connectivity index is 2.49. The molecule has 0 aromatic heterocycles. The van der Waals surface area contributed by atoms with E-state index in [1.54, 1.807) is 6.08 Å². The molecule has 0 aliphatic rings. The quantitative estimate of drug-likeness (QED) is 0.756. The zero-order valence-corrected chi connectivity index (χ0v) is 13.7. The van der Waals surface area contributed by atoms with Crippen LogP contribution in [0.4, 0.5) is 0 Å². The summed E-state index contributed by atoms with van der Waals surface area (Å²) in [7, 11) is 0. The zero-order chi connectivity index (χ0) is 15.8. The van der Waals surface area contributed by atoms with Crippen molar-refractivity contribution in [3.63, 3.8) is 0 Å². The van der Waals surface area contributed by atoms with E-state index in [4.69, 9.17) is 11.6 Å². The predicted octanol–water partition coefficient (Wildman–Crippen LogP) is 3.57. The minimum Gasteiger partial charge on any atom is -0.391 e. The van der Waals surface area contributed by atoms with Gasteiger partial charge in [-0.2, -0.15) is 0 Å². The van der Waals surface area contributed by atoms with E-state index >= 15 is 0 Å². The van der Waals surface area contributed by atoms with Crippen LogP contribution in [0.3, 0.4) is 0 Å². The molecule has 0 bridgehead atoms. The number of carbonyl (C=O) groups is 1. The lowest BCUT2D eigenvalue weighted by Gasteiger charge is -2.19. The third kappa shape index (κ3) is 5.90. The minimum atomic E-state index is -0.494. The normalized spacial score (nSPS) is 12.9. The fraction of sp³-hybridized carbons (Fsp3) is 0.471. The Bertz CT molecular complexity index is 496. The van der Waals surface area contributed by atoms with Crippen molar-refractivity contribution in [1.29, 1.82) is 0 Å². The van der Waals surface area contributed by atoms with Gasteiger partial charge in [0.2, 0.25) is 5.91 Å². The van der Waals surface area contributed by atoms with Crippen molar-refractivity contribution in [3.05, 3.63) is 40.4 Å². The van der Waals surface area contributed by atoms with Crippen LogP contribution >= 0.6 is 11.6 Å². The number of carbonyl (C=O) groups excluding carboxylic acids is 1. The van der Waals surface area contributed by atoms with Gasteiger partial charge in [0.05, 0.1) is 6.10 Å². The molecule has 0 radical (unpaired) electrons. The highest BCUT2D eigenvalue weighted by Gasteiger charge is 2.15. The van der Waals surface area contributed by atoms with E-state index < -0.39 is 6.10 Å². The van der Waals surface area contributed by atoms with Gasteiger partial charge < -0.3 is 10.4 Å². The van der Waals surface area contributed by atoms with E-state index in [-0.39, 0.29) is 18.4 Å². The molecule has 0 aliphatic carbocycles. The molecule has 1 atom stereocenters. The molecule has 1 aromatic carbocycles. The maximum atomic E-state index is 11.7. The van der Waals surface area contributed by atoms with Crippen LogP contribution in [0.5, 0.6) is 0 Å². The largest absolute Gasteiger partial charge is 0.391 e. The summed E-state index contributed by atoms with van der Waals surface area (Å²) < 4.78 is 0. The van der Waals surface area contributed by atoms with Crippen LogP contribution in [-0.4, -0.2) is 23.7 Å². The molecule has 21 heavy (non-hydrogen) atoms. The number of halogens is 1. The van der Waals surface area contributed by atoms with Gasteiger partial charge in [0.15, 0.2) is 0 Å². The number of aliphatic hydroxyl groups excluding tert-OH is 1. The molecule has 1 rings (SSSR count). The number of aryl methyl sites for hydroxylation is 1. The first kappa shape index (κ1) is 17.7. The van der Waals surface area contributed by atoms with Crippen molar-refractivity contribution in [3.8, 4) is 0 Å². The summed E-state index contributed by atoms with van der Waals surface area (Å²) >= 11 is 6.03. The average molecular weight is 310 g/mol. The maximum absolute atomic E-state index is 11.7. The molecule has 0 aliphatic heterocycles. The Labute approximate surface area is 132 Å². The first-order valence-corrected chi connectivity index (χ1v) is 7.75. The third-order valence-corrected chi connectivity index (χ3v) is 4.11. The molecule has 2 N–H and O–H groups in total. The zero-order valence-electron chi connectivity index (χ0n) is 12.9. The molecule has 1 amide bonds. The van der Waals surface area contributed by atoms with Crippen LogP contribution in [0.15, 0.2) is 24.3 Å². The highest BCUT2D eigenvalue weighted by Crippen LogP contribution is 2.17. The summed E-state index contributed by atoms with van der Waals surface area (Å²) in [4.78, 5) is 11.7. The van der Waals surface area contributed by atoms with Gasteiger partial charge in [-0.05, 0) is 36.1 Å². The van der Waals surface area contributed by atoms with Crippen LogP contribution in [0, 0.1) is 12.8 Å². The summed E-state index contributed by atoms with van der Waals surface area (Å²) in [6, 6.07) is 5.64. The van der Waals surface area contributed by atoms with Gasteiger partial charge in [-0.25, -0.2) is 0 Å². The molecule has 0 fully saturated rings. The van der Waals surface area contributed by atoms with Gasteiger partial charge in [-0.15, -0.1) is 0 Å². The van der Waals surface area contributed by atoms with Crippen LogP contribution in [0.25, 0.3) is 6.08 Å². The molecule has 116 valence electrons. The topological polar surface area (TPSA) is 49.3 Å². The number of benzene rings is 1. The van der Waals surface area contributed by atoms with Crippen molar-refractivity contribution in [2.45, 2.75) is 39.7 Å². The van der Waals surface area contributed by atoms with Crippen molar-refractivity contribution in [1.82, 2.24) is 5.32 Å². The Hall–Kier alpha value is -1.32. The van der Waals surface area contributed by atoms with E-state index in [0.717, 1.165) is 24.0 Å². The molecule has 0 heterocycles. The highest BCUT2D eigenvalue weighted by molar-refractivity contribution is 6.31. The highest BCUT2D eigenvalue weighted by atomic mass is 35.5. The molecule has 0 saturated heterocycles. The van der Waals surface area contributed by atoms with Gasteiger partial charge in [0.25, 0.3) is 0 Å². The Morgan fingerprint density at radius 3 is 2.62 bits per heavy atom. The predicted molar refractivity (Wildman–Crippen MR) is 88.3 cm³/mol. The smallest absolute Gasteiger partial charge is 0.244 e. The standard InChI is InChI=1S/C17H24ClNO2/c1-4-14(5-2)16(20)11-19-17(21)9-8-13-7-6-12(3)15(18)10-13/h6-10,14,16,20H,4-5,11H2,1-3H3,(H,19,21)/b9-8+. The van der Waals surface area contributed by atoms with Gasteiger partial charge in [-0.1, -0.05) is 50.4 Å². The van der Waals surface area contributed by atoms with E-state index in [2.05, 4.69) is 5.32 Å². The van der Waals surface area contributed by atoms with Crippen molar-refractivity contribution in [2.24, 2.45) is 5.92 Å². The molecule has 1 unspecified atom stereocenters. The van der Waals surface area contributed by atoms with E-state index in [9.17, 15) is 9.90 Å². The summed E-state index contributed by atoms with van der Waals surface area (Å²) in [6.07, 6.45) is 4.49. The van der Waals surface area contributed by atoms with Crippen LogP contribution in [-0.2, 0) is 4.79 Å². The van der Waals surface area contributed by atoms with Crippen LogP contribution < -0.4 is 5.32 Å². The number of aliphatic hydroxyl groups is 1. The second-order valence-corrected chi connectivity index (χ2v) is 5.64. The lowest BCUT2D eigenvalue weighted by molar-refractivity contribution is -0.117. The molecule has 0 spiro atoms. The van der Waals surface area contributed by atoms with Crippen molar-refractivity contribution >= 4 is 23.6 Å². The summed E-state index contributed by atoms with van der Waals surface area (Å²) in [5.74, 6) is 0.0156. The molecule has 4 heteroatoms. The number of hydrogen-bond donors (Lipinski definition) is 2. The average Bonchev–Trinajstić information content (AvgIpc) is 2.47. The summed E-state index contributed by atoms with van der Waals surface area (Å²) in [5.41, 5.74) is 1.88. The monoisotopic (exact) mass is 309 g/mol. The first-order chi connectivity index (χ1) is 9.97. The van der Waals surface area contributed by atoms with E-state index in [1.807, 2.05) is 39.0 Å². The number of hydrogen-bond acceptors (Lipinski definition) is 2. The second-order valence-electron chi connectivity index (χ2n) is 5.23. The van der Waals surface area contributed by atoms with Gasteiger partial charge in [0, 0.05) is 17.6 Å². The fourth-order valence-electron chi connectivity index (χ4n) is 2.15. The lowest BCUT2D eigenvalue weighted by Crippen LogP contribution is -2.35. The van der Waals surface area contributed by atoms with Gasteiger partial charge in [0.1, 0.15) is 0 Å². The Morgan fingerprint density at radius 1 is 1.38 bits per heavy atom.